The van der Waals surface area contributed by atoms with Crippen LogP contribution in [-0.4, -0.2) is 52.6 Å². The molecule has 0 aromatic heterocycles. The van der Waals surface area contributed by atoms with Gasteiger partial charge in [-0.2, -0.15) is 4.31 Å². The number of piperazine rings is 1. The number of aryl methyl sites for hydroxylation is 1. The highest BCUT2D eigenvalue weighted by atomic mass is 32.2. The van der Waals surface area contributed by atoms with Crippen LogP contribution in [0.3, 0.4) is 0 Å². The zero-order chi connectivity index (χ0) is 17.2. The summed E-state index contributed by atoms with van der Waals surface area (Å²) < 4.78 is 33.1. The van der Waals surface area contributed by atoms with E-state index < -0.39 is 10.0 Å². The van der Waals surface area contributed by atoms with Crippen molar-refractivity contribution < 1.29 is 18.1 Å². The van der Waals surface area contributed by atoms with Crippen molar-refractivity contribution in [3.63, 3.8) is 0 Å². The third-order valence-corrected chi connectivity index (χ3v) is 6.64. The van der Waals surface area contributed by atoms with Crippen molar-refractivity contribution >= 4 is 10.0 Å². The van der Waals surface area contributed by atoms with E-state index in [9.17, 15) is 8.42 Å². The fourth-order valence-electron chi connectivity index (χ4n) is 3.20. The number of nitrogens with one attached hydrogen (secondary N) is 1. The van der Waals surface area contributed by atoms with Crippen molar-refractivity contribution in [3.8, 4) is 5.75 Å². The lowest BCUT2D eigenvalue weighted by Gasteiger charge is -2.31. The molecule has 0 bridgehead atoms. The molecule has 1 N–H and O–H groups in total. The SMILES string of the molecule is CC[NH+]1CCN(S(=O)(=O)c2cc(C(C)C)c(C)cc2OC)CC1. The number of likely N-dealkylation sites (N-methyl/N-ethyl adjacent to an activating group) is 1. The molecule has 23 heavy (non-hydrogen) atoms. The molecule has 6 heteroatoms. The Labute approximate surface area is 140 Å². The number of methoxy groups -OCH3 is 1. The number of hydrogen-bond acceptors (Lipinski definition) is 3. The summed E-state index contributed by atoms with van der Waals surface area (Å²) in [5, 5.41) is 0. The molecule has 0 atom stereocenters. The number of rotatable bonds is 5. The van der Waals surface area contributed by atoms with Crippen molar-refractivity contribution in [2.45, 2.75) is 38.5 Å². The number of hydrogen-bond donors (Lipinski definition) is 1. The molecular weight excluding hydrogens is 312 g/mol. The Kier molecular flexibility index (Phi) is 5.70. The van der Waals surface area contributed by atoms with E-state index in [-0.39, 0.29) is 5.92 Å². The zero-order valence-corrected chi connectivity index (χ0v) is 15.7. The second kappa shape index (κ2) is 7.20. The molecule has 0 radical (unpaired) electrons. The van der Waals surface area contributed by atoms with E-state index in [0.717, 1.165) is 30.8 Å². The molecule has 1 aliphatic rings. The molecule has 0 saturated carbocycles. The number of benzene rings is 1. The quantitative estimate of drug-likeness (QED) is 0.870. The Morgan fingerprint density at radius 3 is 2.35 bits per heavy atom. The van der Waals surface area contributed by atoms with Crippen LogP contribution in [0.4, 0.5) is 0 Å². The summed E-state index contributed by atoms with van der Waals surface area (Å²) in [6, 6.07) is 3.64. The molecule has 0 amide bonds. The molecule has 1 heterocycles. The molecule has 1 fully saturated rings. The van der Waals surface area contributed by atoms with Gasteiger partial charge in [-0.1, -0.05) is 13.8 Å². The van der Waals surface area contributed by atoms with Gasteiger partial charge < -0.3 is 9.64 Å². The van der Waals surface area contributed by atoms with Gasteiger partial charge in [0.15, 0.2) is 0 Å². The third-order valence-electron chi connectivity index (χ3n) is 4.72. The average Bonchev–Trinajstić information content (AvgIpc) is 2.53. The van der Waals surface area contributed by atoms with Gasteiger partial charge in [-0.25, -0.2) is 8.42 Å². The van der Waals surface area contributed by atoms with Crippen LogP contribution in [0.15, 0.2) is 17.0 Å². The van der Waals surface area contributed by atoms with Crippen LogP contribution in [0.25, 0.3) is 0 Å². The van der Waals surface area contributed by atoms with Crippen molar-refractivity contribution in [2.75, 3.05) is 39.8 Å². The van der Waals surface area contributed by atoms with Gasteiger partial charge in [0.25, 0.3) is 0 Å². The summed E-state index contributed by atoms with van der Waals surface area (Å²) in [5.41, 5.74) is 2.12. The predicted molar refractivity (Wildman–Crippen MR) is 91.8 cm³/mol. The summed E-state index contributed by atoms with van der Waals surface area (Å²) in [6.45, 7) is 12.2. The maximum absolute atomic E-state index is 13.1. The van der Waals surface area contributed by atoms with E-state index in [0.29, 0.717) is 23.7 Å². The van der Waals surface area contributed by atoms with Crippen LogP contribution in [0, 0.1) is 6.92 Å². The Morgan fingerprint density at radius 2 is 1.87 bits per heavy atom. The molecule has 5 nitrogen and oxygen atoms in total. The molecule has 0 unspecified atom stereocenters. The summed E-state index contributed by atoms with van der Waals surface area (Å²) >= 11 is 0. The molecule has 2 rings (SSSR count). The van der Waals surface area contributed by atoms with Crippen LogP contribution in [0.2, 0.25) is 0 Å². The van der Waals surface area contributed by atoms with Crippen molar-refractivity contribution in [1.82, 2.24) is 4.31 Å². The van der Waals surface area contributed by atoms with Gasteiger partial charge in [0.05, 0.1) is 39.8 Å². The van der Waals surface area contributed by atoms with E-state index in [4.69, 9.17) is 4.74 Å². The highest BCUT2D eigenvalue weighted by Crippen LogP contribution is 2.32. The average molecular weight is 341 g/mol. The number of sulfonamides is 1. The molecule has 0 spiro atoms. The first kappa shape index (κ1) is 18.2. The molecule has 0 aliphatic carbocycles. The van der Waals surface area contributed by atoms with E-state index >= 15 is 0 Å². The van der Waals surface area contributed by atoms with E-state index in [2.05, 4.69) is 20.8 Å². The predicted octanol–water partition coefficient (Wildman–Crippen LogP) is 1.04. The lowest BCUT2D eigenvalue weighted by atomic mass is 9.98. The lowest BCUT2D eigenvalue weighted by Crippen LogP contribution is -3.14. The van der Waals surface area contributed by atoms with Crippen LogP contribution < -0.4 is 9.64 Å². The van der Waals surface area contributed by atoms with Crippen LogP contribution in [0.1, 0.15) is 37.8 Å². The van der Waals surface area contributed by atoms with Gasteiger partial charge >= 0.3 is 0 Å². The molecule has 1 aliphatic heterocycles. The van der Waals surface area contributed by atoms with E-state index in [1.165, 1.54) is 12.0 Å². The maximum atomic E-state index is 13.1. The van der Waals surface area contributed by atoms with E-state index in [1.54, 1.807) is 10.4 Å². The summed E-state index contributed by atoms with van der Waals surface area (Å²) in [6.07, 6.45) is 0. The Bertz CT molecular complexity index is 648. The minimum absolute atomic E-state index is 0.274. The minimum atomic E-state index is -3.51. The second-order valence-electron chi connectivity index (χ2n) is 6.52. The molecule has 1 aromatic rings. The fourth-order valence-corrected chi connectivity index (χ4v) is 4.81. The second-order valence-corrected chi connectivity index (χ2v) is 8.43. The number of quaternary nitrogens is 1. The first-order valence-corrected chi connectivity index (χ1v) is 9.77. The normalized spacial score (nSPS) is 17.7. The summed E-state index contributed by atoms with van der Waals surface area (Å²) in [4.78, 5) is 1.75. The first-order chi connectivity index (χ1) is 10.8. The van der Waals surface area contributed by atoms with Gasteiger partial charge in [-0.3, -0.25) is 0 Å². The lowest BCUT2D eigenvalue weighted by molar-refractivity contribution is -0.901. The highest BCUT2D eigenvalue weighted by Gasteiger charge is 2.32. The Hall–Kier alpha value is -1.11. The van der Waals surface area contributed by atoms with Gasteiger partial charge in [0, 0.05) is 0 Å². The van der Waals surface area contributed by atoms with Gasteiger partial charge in [0.2, 0.25) is 10.0 Å². The van der Waals surface area contributed by atoms with Crippen molar-refractivity contribution in [3.05, 3.63) is 23.3 Å². The maximum Gasteiger partial charge on any atom is 0.247 e. The monoisotopic (exact) mass is 341 g/mol. The first-order valence-electron chi connectivity index (χ1n) is 8.33. The topological polar surface area (TPSA) is 51.0 Å². The van der Waals surface area contributed by atoms with Gasteiger partial charge in [-0.15, -0.1) is 0 Å². The number of ether oxygens (including phenoxy) is 1. The smallest absolute Gasteiger partial charge is 0.247 e. The molecule has 1 saturated heterocycles. The largest absolute Gasteiger partial charge is 0.495 e. The molecule has 1 aromatic carbocycles. The zero-order valence-electron chi connectivity index (χ0n) is 14.8. The van der Waals surface area contributed by atoms with Crippen molar-refractivity contribution in [1.29, 1.82) is 0 Å². The Balaban J connectivity index is 2.41. The number of nitrogens with zero attached hydrogens (tertiary/aromatic N) is 1. The fraction of sp³-hybridized carbons (Fsp3) is 0.647. The van der Waals surface area contributed by atoms with Gasteiger partial charge in [-0.05, 0) is 43.0 Å². The van der Waals surface area contributed by atoms with Crippen LogP contribution in [-0.2, 0) is 10.0 Å². The standard InChI is InChI=1S/C17H28N2O3S/c1-6-18-7-9-19(10-8-18)23(20,21)17-12-15(13(2)3)14(4)11-16(17)22-5/h11-13H,6-10H2,1-5H3/p+1. The summed E-state index contributed by atoms with van der Waals surface area (Å²) in [7, 11) is -1.98. The van der Waals surface area contributed by atoms with E-state index in [1.807, 2.05) is 13.0 Å². The van der Waals surface area contributed by atoms with Crippen LogP contribution >= 0.6 is 0 Å². The molecule has 130 valence electrons. The van der Waals surface area contributed by atoms with Crippen molar-refractivity contribution in [2.24, 2.45) is 0 Å². The Morgan fingerprint density at radius 1 is 1.26 bits per heavy atom. The minimum Gasteiger partial charge on any atom is -0.495 e. The summed E-state index contributed by atoms with van der Waals surface area (Å²) in [5.74, 6) is 0.716. The molecular formula is C17H29N2O3S+. The van der Waals surface area contributed by atoms with Gasteiger partial charge in [0.1, 0.15) is 10.6 Å². The van der Waals surface area contributed by atoms with Crippen LogP contribution in [0.5, 0.6) is 5.75 Å². The third kappa shape index (κ3) is 3.70. The highest BCUT2D eigenvalue weighted by molar-refractivity contribution is 7.89.